The van der Waals surface area contributed by atoms with Gasteiger partial charge in [-0.25, -0.2) is 9.37 Å². The second kappa shape index (κ2) is 9.93. The molecule has 5 nitrogen and oxygen atoms in total. The van der Waals surface area contributed by atoms with Gasteiger partial charge in [-0.1, -0.05) is 41.0 Å². The number of benzene rings is 2. The van der Waals surface area contributed by atoms with Crippen LogP contribution in [0.25, 0.3) is 15.9 Å². The third-order valence-corrected chi connectivity index (χ3v) is 8.80. The Balaban J connectivity index is 1.54. The molecule has 1 aliphatic carbocycles. The fourth-order valence-corrected chi connectivity index (χ4v) is 6.69. The van der Waals surface area contributed by atoms with Crippen molar-refractivity contribution in [2.24, 2.45) is 0 Å². The van der Waals surface area contributed by atoms with Gasteiger partial charge in [0.2, 0.25) is 5.91 Å². The highest BCUT2D eigenvalue weighted by atomic mass is 35.5. The number of hydrogen-bond acceptors (Lipinski definition) is 5. The lowest BCUT2D eigenvalue weighted by molar-refractivity contribution is -0.113. The molecule has 0 saturated heterocycles. The number of halogens is 3. The molecule has 1 aliphatic rings. The van der Waals surface area contributed by atoms with E-state index in [4.69, 9.17) is 28.2 Å². The Kier molecular flexibility index (Phi) is 6.90. The molecule has 0 saturated carbocycles. The molecule has 1 amide bonds. The van der Waals surface area contributed by atoms with Crippen LogP contribution >= 0.6 is 46.3 Å². The monoisotopic (exact) mass is 547 g/mol. The normalized spacial score (nSPS) is 13.1. The van der Waals surface area contributed by atoms with Gasteiger partial charge in [0.1, 0.15) is 10.6 Å². The molecule has 180 valence electrons. The van der Waals surface area contributed by atoms with Gasteiger partial charge in [-0.3, -0.25) is 14.2 Å². The molecule has 0 aliphatic heterocycles. The van der Waals surface area contributed by atoms with Crippen LogP contribution in [0.1, 0.15) is 28.8 Å². The minimum Gasteiger partial charge on any atom is -0.325 e. The van der Waals surface area contributed by atoms with E-state index >= 15 is 0 Å². The van der Waals surface area contributed by atoms with Gasteiger partial charge in [-0.2, -0.15) is 0 Å². The molecular weight excluding hydrogens is 528 g/mol. The van der Waals surface area contributed by atoms with Crippen LogP contribution in [0.5, 0.6) is 0 Å². The number of thioether (sulfide) groups is 1. The molecule has 0 atom stereocenters. The van der Waals surface area contributed by atoms with E-state index < -0.39 is 5.82 Å². The van der Waals surface area contributed by atoms with E-state index in [0.29, 0.717) is 31.8 Å². The third kappa shape index (κ3) is 4.72. The summed E-state index contributed by atoms with van der Waals surface area (Å²) in [4.78, 5) is 33.3. The fourth-order valence-electron chi connectivity index (χ4n) is 4.23. The maximum atomic E-state index is 13.9. The molecular formula is C25H20Cl2FN3O2S2. The van der Waals surface area contributed by atoms with Crippen LogP contribution in [-0.2, 0) is 17.6 Å². The largest absolute Gasteiger partial charge is 0.325 e. The first kappa shape index (κ1) is 24.3. The highest BCUT2D eigenvalue weighted by molar-refractivity contribution is 7.99. The quantitative estimate of drug-likeness (QED) is 0.220. The number of hydrogen-bond donors (Lipinski definition) is 1. The number of thiophene rings is 1. The molecule has 2 heterocycles. The van der Waals surface area contributed by atoms with Crippen molar-refractivity contribution in [1.82, 2.24) is 9.55 Å². The summed E-state index contributed by atoms with van der Waals surface area (Å²) >= 11 is 14.9. The molecule has 2 aromatic carbocycles. The van der Waals surface area contributed by atoms with E-state index in [1.807, 2.05) is 13.0 Å². The van der Waals surface area contributed by atoms with Crippen molar-refractivity contribution in [2.75, 3.05) is 11.1 Å². The van der Waals surface area contributed by atoms with Crippen molar-refractivity contribution in [3.63, 3.8) is 0 Å². The summed E-state index contributed by atoms with van der Waals surface area (Å²) < 4.78 is 15.0. The fraction of sp³-hybridized carbons (Fsp3) is 0.240. The Hall–Kier alpha value is -2.39. The summed E-state index contributed by atoms with van der Waals surface area (Å²) in [7, 11) is 0. The lowest BCUT2D eigenvalue weighted by Gasteiger charge is -2.16. The van der Waals surface area contributed by atoms with E-state index in [9.17, 15) is 14.0 Å². The summed E-state index contributed by atoms with van der Waals surface area (Å²) in [5.41, 5.74) is 2.74. The average Bonchev–Trinajstić information content (AvgIpc) is 3.21. The van der Waals surface area contributed by atoms with Gasteiger partial charge in [-0.15, -0.1) is 11.3 Å². The van der Waals surface area contributed by atoms with Crippen LogP contribution in [0.3, 0.4) is 0 Å². The molecule has 0 bridgehead atoms. The number of aromatic nitrogens is 2. The summed E-state index contributed by atoms with van der Waals surface area (Å²) in [6.45, 7) is 1.86. The van der Waals surface area contributed by atoms with Crippen molar-refractivity contribution < 1.29 is 9.18 Å². The molecule has 5 rings (SSSR count). The Morgan fingerprint density at radius 3 is 2.80 bits per heavy atom. The average molecular weight is 548 g/mol. The van der Waals surface area contributed by atoms with Gasteiger partial charge in [-0.05, 0) is 74.1 Å². The van der Waals surface area contributed by atoms with Gasteiger partial charge < -0.3 is 5.32 Å². The van der Waals surface area contributed by atoms with Crippen LogP contribution in [0.4, 0.5) is 10.1 Å². The zero-order valence-corrected chi connectivity index (χ0v) is 21.8. The minimum absolute atomic E-state index is 0.00234. The molecule has 0 fully saturated rings. The predicted octanol–water partition coefficient (Wildman–Crippen LogP) is 6.81. The number of anilines is 1. The topological polar surface area (TPSA) is 64.0 Å². The summed E-state index contributed by atoms with van der Waals surface area (Å²) in [5, 5.41) is 4.26. The molecule has 2 aromatic heterocycles. The molecule has 0 unspecified atom stereocenters. The van der Waals surface area contributed by atoms with Gasteiger partial charge >= 0.3 is 0 Å². The standard InChI is InChI=1S/C25H20Cl2FN3O2S2/c1-13-16(26)6-4-7-19(13)31-24(33)22-15-5-2-3-8-20(15)35-23(22)30-25(31)34-12-21(32)29-14-9-10-18(28)17(27)11-14/h4,6-7,9-11H,2-3,5,8,12H2,1H3,(H,29,32). The summed E-state index contributed by atoms with van der Waals surface area (Å²) in [5.74, 6) is -0.888. The van der Waals surface area contributed by atoms with Crippen LogP contribution in [0.15, 0.2) is 46.3 Å². The SMILES string of the molecule is Cc1c(Cl)cccc1-n1c(SCC(=O)Nc2ccc(F)c(Cl)c2)nc2sc3c(c2c1=O)CCCC3. The van der Waals surface area contributed by atoms with E-state index in [1.54, 1.807) is 28.0 Å². The summed E-state index contributed by atoms with van der Waals surface area (Å²) in [6, 6.07) is 9.39. The first-order valence-electron chi connectivity index (χ1n) is 11.0. The Morgan fingerprint density at radius 2 is 2.00 bits per heavy atom. The van der Waals surface area contributed by atoms with Crippen molar-refractivity contribution in [1.29, 1.82) is 0 Å². The van der Waals surface area contributed by atoms with Gasteiger partial charge in [0, 0.05) is 15.6 Å². The Morgan fingerprint density at radius 1 is 1.20 bits per heavy atom. The Bertz CT molecular complexity index is 1530. The highest BCUT2D eigenvalue weighted by Crippen LogP contribution is 2.36. The molecule has 35 heavy (non-hydrogen) atoms. The van der Waals surface area contributed by atoms with Crippen molar-refractivity contribution in [2.45, 2.75) is 37.8 Å². The molecule has 4 aromatic rings. The van der Waals surface area contributed by atoms with Crippen LogP contribution in [0.2, 0.25) is 10.0 Å². The maximum absolute atomic E-state index is 13.9. The highest BCUT2D eigenvalue weighted by Gasteiger charge is 2.24. The van der Waals surface area contributed by atoms with Gasteiger partial charge in [0.25, 0.3) is 5.56 Å². The molecule has 10 heteroatoms. The zero-order valence-electron chi connectivity index (χ0n) is 18.7. The zero-order chi connectivity index (χ0) is 24.7. The van der Waals surface area contributed by atoms with E-state index in [2.05, 4.69) is 5.32 Å². The van der Waals surface area contributed by atoms with Crippen molar-refractivity contribution in [3.8, 4) is 5.69 Å². The third-order valence-electron chi connectivity index (χ3n) is 5.97. The van der Waals surface area contributed by atoms with E-state index in [-0.39, 0.29) is 22.2 Å². The number of carbonyl (C=O) groups is 1. The number of nitrogens with zero attached hydrogens (tertiary/aromatic N) is 2. The lowest BCUT2D eigenvalue weighted by atomic mass is 9.97. The van der Waals surface area contributed by atoms with Crippen LogP contribution in [0, 0.1) is 12.7 Å². The number of carbonyl (C=O) groups excluding carboxylic acids is 1. The predicted molar refractivity (Wildman–Crippen MR) is 142 cm³/mol. The van der Waals surface area contributed by atoms with Crippen molar-refractivity contribution >= 4 is 68.1 Å². The first-order chi connectivity index (χ1) is 16.8. The molecule has 0 radical (unpaired) electrons. The van der Waals surface area contributed by atoms with Crippen LogP contribution < -0.4 is 10.9 Å². The second-order valence-electron chi connectivity index (χ2n) is 8.28. The summed E-state index contributed by atoms with van der Waals surface area (Å²) in [6.07, 6.45) is 3.99. The van der Waals surface area contributed by atoms with Gasteiger partial charge in [0.15, 0.2) is 5.16 Å². The van der Waals surface area contributed by atoms with Gasteiger partial charge in [0.05, 0.1) is 21.8 Å². The molecule has 0 spiro atoms. The smallest absolute Gasteiger partial charge is 0.267 e. The van der Waals surface area contributed by atoms with Crippen molar-refractivity contribution in [3.05, 3.63) is 78.6 Å². The van der Waals surface area contributed by atoms with E-state index in [1.165, 1.54) is 23.1 Å². The first-order valence-corrected chi connectivity index (χ1v) is 13.6. The number of fused-ring (bicyclic) bond motifs is 3. The lowest BCUT2D eigenvalue weighted by Crippen LogP contribution is -2.24. The minimum atomic E-state index is -0.559. The number of amides is 1. The number of rotatable bonds is 5. The number of aryl methyl sites for hydroxylation is 2. The maximum Gasteiger partial charge on any atom is 0.267 e. The second-order valence-corrected chi connectivity index (χ2v) is 11.1. The van der Waals surface area contributed by atoms with E-state index in [0.717, 1.165) is 48.6 Å². The molecule has 1 N–H and O–H groups in total. The Labute approximate surface area is 219 Å². The number of nitrogens with one attached hydrogen (secondary N) is 1. The van der Waals surface area contributed by atoms with Crippen LogP contribution in [-0.4, -0.2) is 21.2 Å².